The zero-order valence-electron chi connectivity index (χ0n) is 17.5. The smallest absolute Gasteiger partial charge is 0.191 e. The van der Waals surface area contributed by atoms with Crippen molar-refractivity contribution >= 4 is 29.9 Å². The standard InChI is InChI=1S/C22H35N3O3.HI/c1-2-23-22(24-12-7-14-27-20-11-15-26-17-20)25-16-19-10-6-13-28-21(19)18-8-4-3-5-9-18;/h3-5,8-9,19-21H,2,6-7,10-17H2,1H3,(H2,23,24,25);1H. The van der Waals surface area contributed by atoms with E-state index in [4.69, 9.17) is 19.2 Å². The summed E-state index contributed by atoms with van der Waals surface area (Å²) in [5.74, 6) is 1.29. The molecule has 0 saturated carbocycles. The van der Waals surface area contributed by atoms with Crippen molar-refractivity contribution in [2.75, 3.05) is 46.1 Å². The summed E-state index contributed by atoms with van der Waals surface area (Å²) in [5.41, 5.74) is 1.26. The molecule has 2 fully saturated rings. The second-order valence-electron chi connectivity index (χ2n) is 7.46. The van der Waals surface area contributed by atoms with Crippen LogP contribution in [0.1, 0.15) is 44.3 Å². The van der Waals surface area contributed by atoms with Crippen LogP contribution in [0.5, 0.6) is 0 Å². The lowest BCUT2D eigenvalue weighted by atomic mass is 9.89. The van der Waals surface area contributed by atoms with Crippen LogP contribution in [0.4, 0.5) is 0 Å². The fraction of sp³-hybridized carbons (Fsp3) is 0.682. The van der Waals surface area contributed by atoms with Crippen LogP contribution in [-0.2, 0) is 14.2 Å². The Morgan fingerprint density at radius 3 is 2.79 bits per heavy atom. The van der Waals surface area contributed by atoms with Crippen LogP contribution in [0, 0.1) is 5.92 Å². The third kappa shape index (κ3) is 8.39. The quantitative estimate of drug-likeness (QED) is 0.227. The van der Waals surface area contributed by atoms with Crippen molar-refractivity contribution in [2.45, 2.75) is 44.8 Å². The minimum absolute atomic E-state index is 0. The maximum absolute atomic E-state index is 6.09. The van der Waals surface area contributed by atoms with Gasteiger partial charge in [0.1, 0.15) is 0 Å². The Morgan fingerprint density at radius 1 is 1.17 bits per heavy atom. The third-order valence-electron chi connectivity index (χ3n) is 5.26. The number of hydrogen-bond donors (Lipinski definition) is 2. The molecule has 1 aromatic carbocycles. The first kappa shape index (κ1) is 24.4. The van der Waals surface area contributed by atoms with Gasteiger partial charge in [0.25, 0.3) is 0 Å². The van der Waals surface area contributed by atoms with Crippen LogP contribution in [0.3, 0.4) is 0 Å². The van der Waals surface area contributed by atoms with Gasteiger partial charge in [-0.25, -0.2) is 0 Å². The number of halogens is 1. The zero-order chi connectivity index (χ0) is 19.4. The summed E-state index contributed by atoms with van der Waals surface area (Å²) >= 11 is 0. The number of rotatable bonds is 9. The minimum Gasteiger partial charge on any atom is -0.379 e. The minimum atomic E-state index is 0. The van der Waals surface area contributed by atoms with Gasteiger partial charge in [-0.15, -0.1) is 24.0 Å². The number of guanidine groups is 1. The van der Waals surface area contributed by atoms with Gasteiger partial charge in [-0.3, -0.25) is 4.99 Å². The first-order valence-corrected chi connectivity index (χ1v) is 10.7. The third-order valence-corrected chi connectivity index (χ3v) is 5.26. The van der Waals surface area contributed by atoms with Crippen molar-refractivity contribution in [3.8, 4) is 0 Å². The second kappa shape index (κ2) is 14.2. The Labute approximate surface area is 192 Å². The van der Waals surface area contributed by atoms with Gasteiger partial charge in [-0.2, -0.15) is 0 Å². The molecule has 0 spiro atoms. The average molecular weight is 517 g/mol. The van der Waals surface area contributed by atoms with E-state index < -0.39 is 0 Å². The fourth-order valence-corrected chi connectivity index (χ4v) is 3.76. The highest BCUT2D eigenvalue weighted by Gasteiger charge is 2.27. The van der Waals surface area contributed by atoms with Crippen molar-refractivity contribution in [1.82, 2.24) is 10.6 Å². The lowest BCUT2D eigenvalue weighted by Crippen LogP contribution is -2.39. The number of hydrogen-bond acceptors (Lipinski definition) is 4. The molecule has 164 valence electrons. The average Bonchev–Trinajstić information content (AvgIpc) is 3.26. The van der Waals surface area contributed by atoms with Crippen LogP contribution >= 0.6 is 24.0 Å². The topological polar surface area (TPSA) is 64.1 Å². The first-order chi connectivity index (χ1) is 13.9. The highest BCUT2D eigenvalue weighted by molar-refractivity contribution is 14.0. The van der Waals surface area contributed by atoms with E-state index in [1.54, 1.807) is 0 Å². The molecule has 2 saturated heterocycles. The van der Waals surface area contributed by atoms with E-state index in [0.29, 0.717) is 5.92 Å². The molecule has 0 amide bonds. The lowest BCUT2D eigenvalue weighted by Gasteiger charge is -2.31. The van der Waals surface area contributed by atoms with Crippen molar-refractivity contribution in [1.29, 1.82) is 0 Å². The molecule has 1 aromatic rings. The Morgan fingerprint density at radius 2 is 2.03 bits per heavy atom. The van der Waals surface area contributed by atoms with E-state index >= 15 is 0 Å². The molecule has 0 aromatic heterocycles. The molecule has 3 unspecified atom stereocenters. The number of benzene rings is 1. The zero-order valence-corrected chi connectivity index (χ0v) is 19.8. The number of nitrogens with one attached hydrogen (secondary N) is 2. The summed E-state index contributed by atoms with van der Waals surface area (Å²) < 4.78 is 17.2. The SMILES string of the molecule is CCNC(=NCC1CCCOC1c1ccccc1)NCCCOC1CCOC1.I. The summed E-state index contributed by atoms with van der Waals surface area (Å²) in [6.07, 6.45) is 4.66. The van der Waals surface area contributed by atoms with E-state index in [9.17, 15) is 0 Å². The molecule has 3 rings (SSSR count). The normalized spacial score (nSPS) is 24.7. The summed E-state index contributed by atoms with van der Waals surface area (Å²) in [6, 6.07) is 10.5. The van der Waals surface area contributed by atoms with Crippen molar-refractivity contribution in [2.24, 2.45) is 10.9 Å². The maximum Gasteiger partial charge on any atom is 0.191 e. The molecule has 7 heteroatoms. The molecule has 2 N–H and O–H groups in total. The molecule has 0 radical (unpaired) electrons. The van der Waals surface area contributed by atoms with E-state index in [1.807, 2.05) is 0 Å². The Bertz CT molecular complexity index is 582. The van der Waals surface area contributed by atoms with Crippen LogP contribution < -0.4 is 10.6 Å². The Hall–Kier alpha value is -0.900. The molecule has 6 nitrogen and oxygen atoms in total. The summed E-state index contributed by atoms with van der Waals surface area (Å²) in [6.45, 7) is 7.73. The molecular weight excluding hydrogens is 481 g/mol. The van der Waals surface area contributed by atoms with Crippen LogP contribution in [0.2, 0.25) is 0 Å². The Balaban J connectivity index is 0.00000300. The second-order valence-corrected chi connectivity index (χ2v) is 7.46. The van der Waals surface area contributed by atoms with E-state index in [-0.39, 0.29) is 36.2 Å². The van der Waals surface area contributed by atoms with E-state index in [0.717, 1.165) is 77.7 Å². The molecule has 3 atom stereocenters. The van der Waals surface area contributed by atoms with Crippen molar-refractivity contribution in [3.63, 3.8) is 0 Å². The molecule has 0 bridgehead atoms. The van der Waals surface area contributed by atoms with E-state index in [1.165, 1.54) is 5.56 Å². The lowest BCUT2D eigenvalue weighted by molar-refractivity contribution is -0.0250. The summed E-state index contributed by atoms with van der Waals surface area (Å²) in [4.78, 5) is 4.84. The van der Waals surface area contributed by atoms with Gasteiger partial charge in [0, 0.05) is 45.4 Å². The van der Waals surface area contributed by atoms with Crippen LogP contribution in [-0.4, -0.2) is 58.1 Å². The van der Waals surface area contributed by atoms with Gasteiger partial charge >= 0.3 is 0 Å². The van der Waals surface area contributed by atoms with Gasteiger partial charge in [0.15, 0.2) is 5.96 Å². The monoisotopic (exact) mass is 517 g/mol. The molecule has 2 heterocycles. The van der Waals surface area contributed by atoms with Gasteiger partial charge in [-0.1, -0.05) is 30.3 Å². The van der Waals surface area contributed by atoms with Gasteiger partial charge in [-0.05, 0) is 38.2 Å². The summed E-state index contributed by atoms with van der Waals surface area (Å²) in [7, 11) is 0. The molecular formula is C22H36IN3O3. The Kier molecular flexibility index (Phi) is 11.9. The number of ether oxygens (including phenoxy) is 3. The molecule has 0 aliphatic carbocycles. The first-order valence-electron chi connectivity index (χ1n) is 10.7. The molecule has 2 aliphatic rings. The fourth-order valence-electron chi connectivity index (χ4n) is 3.76. The van der Waals surface area contributed by atoms with Gasteiger partial charge in [0.05, 0.1) is 18.8 Å². The summed E-state index contributed by atoms with van der Waals surface area (Å²) in [5, 5.41) is 6.77. The van der Waals surface area contributed by atoms with E-state index in [2.05, 4.69) is 47.9 Å². The highest BCUT2D eigenvalue weighted by atomic mass is 127. The number of aliphatic imine (C=N–C) groups is 1. The largest absolute Gasteiger partial charge is 0.379 e. The molecule has 2 aliphatic heterocycles. The van der Waals surface area contributed by atoms with Crippen molar-refractivity contribution < 1.29 is 14.2 Å². The maximum atomic E-state index is 6.09. The van der Waals surface area contributed by atoms with Gasteiger partial charge < -0.3 is 24.8 Å². The predicted octanol–water partition coefficient (Wildman–Crippen LogP) is 3.52. The van der Waals surface area contributed by atoms with Gasteiger partial charge in [0.2, 0.25) is 0 Å². The number of nitrogens with zero attached hydrogens (tertiary/aromatic N) is 1. The van der Waals surface area contributed by atoms with Crippen LogP contribution in [0.15, 0.2) is 35.3 Å². The van der Waals surface area contributed by atoms with Crippen molar-refractivity contribution in [3.05, 3.63) is 35.9 Å². The molecule has 29 heavy (non-hydrogen) atoms. The highest BCUT2D eigenvalue weighted by Crippen LogP contribution is 2.33. The van der Waals surface area contributed by atoms with Crippen LogP contribution in [0.25, 0.3) is 0 Å². The predicted molar refractivity (Wildman–Crippen MR) is 127 cm³/mol.